The summed E-state index contributed by atoms with van der Waals surface area (Å²) in [5.74, 6) is 1.44. The van der Waals surface area contributed by atoms with Crippen molar-refractivity contribution in [2.75, 3.05) is 27.7 Å². The molecule has 0 amide bonds. The Kier molecular flexibility index (Phi) is 11.3. The minimum absolute atomic E-state index is 0. The molecule has 172 valence electrons. The van der Waals surface area contributed by atoms with Gasteiger partial charge >= 0.3 is 0 Å². The molecule has 0 radical (unpaired) electrons. The van der Waals surface area contributed by atoms with E-state index >= 15 is 0 Å². The largest absolute Gasteiger partial charge is 0.493 e. The second-order valence-corrected chi connectivity index (χ2v) is 9.25. The Morgan fingerprint density at radius 3 is 2.32 bits per heavy atom. The predicted octanol–water partition coefficient (Wildman–Crippen LogP) is 3.52. The molecule has 2 aromatic carbocycles. The molecular weight excluding hydrogens is 527 g/mol. The van der Waals surface area contributed by atoms with E-state index in [2.05, 4.69) is 22.5 Å². The molecule has 0 atom stereocenters. The molecule has 0 saturated heterocycles. The summed E-state index contributed by atoms with van der Waals surface area (Å²) >= 11 is 0. The standard InChI is InChI=1S/C22H32N4O3S.HI/c1-6-13-29-20-14-17(2)11-12-18(20)15-24-22(23-3)25-16-19-9-7-8-10-21(19)30(27,28)26(4)5;/h7-12,14H,6,13,15-16H2,1-5H3,(H2,23,24,25);1H. The van der Waals surface area contributed by atoms with Gasteiger partial charge in [-0.1, -0.05) is 37.3 Å². The molecule has 0 aliphatic heterocycles. The molecule has 0 bridgehead atoms. The first-order valence-corrected chi connectivity index (χ1v) is 11.4. The van der Waals surface area contributed by atoms with Crippen LogP contribution < -0.4 is 15.4 Å². The van der Waals surface area contributed by atoms with Gasteiger partial charge in [-0.2, -0.15) is 0 Å². The van der Waals surface area contributed by atoms with E-state index in [4.69, 9.17) is 4.74 Å². The lowest BCUT2D eigenvalue weighted by molar-refractivity contribution is 0.313. The number of benzene rings is 2. The summed E-state index contributed by atoms with van der Waals surface area (Å²) in [4.78, 5) is 4.53. The summed E-state index contributed by atoms with van der Waals surface area (Å²) in [6, 6.07) is 13.1. The Bertz CT molecular complexity index is 978. The molecule has 0 fully saturated rings. The molecule has 7 nitrogen and oxygen atoms in total. The summed E-state index contributed by atoms with van der Waals surface area (Å²) in [6.45, 7) is 5.65. The van der Waals surface area contributed by atoms with E-state index in [1.54, 1.807) is 25.2 Å². The Morgan fingerprint density at radius 2 is 1.71 bits per heavy atom. The topological polar surface area (TPSA) is 83.0 Å². The smallest absolute Gasteiger partial charge is 0.242 e. The third-order valence-electron chi connectivity index (χ3n) is 4.53. The van der Waals surface area contributed by atoms with Gasteiger partial charge in [-0.05, 0) is 36.6 Å². The quantitative estimate of drug-likeness (QED) is 0.279. The Hall–Kier alpha value is -1.85. The summed E-state index contributed by atoms with van der Waals surface area (Å²) in [6.07, 6.45) is 0.944. The Morgan fingerprint density at radius 1 is 1.06 bits per heavy atom. The number of ether oxygens (including phenoxy) is 1. The number of nitrogens with one attached hydrogen (secondary N) is 2. The highest BCUT2D eigenvalue weighted by molar-refractivity contribution is 14.0. The maximum Gasteiger partial charge on any atom is 0.242 e. The fourth-order valence-electron chi connectivity index (χ4n) is 2.83. The molecule has 0 aliphatic rings. The number of rotatable bonds is 9. The average molecular weight is 561 g/mol. The predicted molar refractivity (Wildman–Crippen MR) is 137 cm³/mol. The van der Waals surface area contributed by atoms with Gasteiger partial charge in [-0.25, -0.2) is 12.7 Å². The van der Waals surface area contributed by atoms with Crippen molar-refractivity contribution in [3.8, 4) is 5.75 Å². The van der Waals surface area contributed by atoms with Gasteiger partial charge in [-0.3, -0.25) is 4.99 Å². The molecule has 31 heavy (non-hydrogen) atoms. The second kappa shape index (κ2) is 12.9. The molecule has 9 heteroatoms. The number of guanidine groups is 1. The van der Waals surface area contributed by atoms with Crippen molar-refractivity contribution in [2.24, 2.45) is 4.99 Å². The molecule has 2 rings (SSSR count). The van der Waals surface area contributed by atoms with Gasteiger partial charge in [-0.15, -0.1) is 24.0 Å². The lowest BCUT2D eigenvalue weighted by atomic mass is 10.1. The number of halogens is 1. The van der Waals surface area contributed by atoms with Gasteiger partial charge in [0.2, 0.25) is 10.0 Å². The monoisotopic (exact) mass is 560 g/mol. The molecule has 0 heterocycles. The van der Waals surface area contributed by atoms with E-state index in [-0.39, 0.29) is 28.9 Å². The molecule has 0 aliphatic carbocycles. The van der Waals surface area contributed by atoms with Gasteiger partial charge in [0, 0.05) is 39.8 Å². The Balaban J connectivity index is 0.00000480. The van der Waals surface area contributed by atoms with Crippen LogP contribution in [0, 0.1) is 6.92 Å². The van der Waals surface area contributed by atoms with Crippen molar-refractivity contribution >= 4 is 40.0 Å². The zero-order chi connectivity index (χ0) is 22.1. The van der Waals surface area contributed by atoms with Gasteiger partial charge < -0.3 is 15.4 Å². The Labute approximate surface area is 203 Å². The normalized spacial score (nSPS) is 11.7. The summed E-state index contributed by atoms with van der Waals surface area (Å²) in [5, 5.41) is 6.47. The van der Waals surface area contributed by atoms with E-state index in [0.29, 0.717) is 31.2 Å². The van der Waals surface area contributed by atoms with E-state index in [0.717, 1.165) is 23.3 Å². The lowest BCUT2D eigenvalue weighted by Gasteiger charge is -2.17. The SMILES string of the molecule is CCCOc1cc(C)ccc1CNC(=NC)NCc1ccccc1S(=O)(=O)N(C)C.I. The molecule has 2 N–H and O–H groups in total. The van der Waals surface area contributed by atoms with E-state index < -0.39 is 10.0 Å². The van der Waals surface area contributed by atoms with Gasteiger partial charge in [0.1, 0.15) is 5.75 Å². The maximum atomic E-state index is 12.6. The molecule has 0 unspecified atom stereocenters. The third-order valence-corrected chi connectivity index (χ3v) is 6.45. The van der Waals surface area contributed by atoms with Crippen molar-refractivity contribution < 1.29 is 13.2 Å². The van der Waals surface area contributed by atoms with Crippen molar-refractivity contribution in [1.29, 1.82) is 0 Å². The number of aryl methyl sites for hydroxylation is 1. The molecule has 0 spiro atoms. The number of sulfonamides is 1. The number of nitrogens with zero attached hydrogens (tertiary/aromatic N) is 2. The summed E-state index contributed by atoms with van der Waals surface area (Å²) < 4.78 is 32.2. The summed E-state index contributed by atoms with van der Waals surface area (Å²) in [7, 11) is 1.22. The molecule has 0 aromatic heterocycles. The van der Waals surface area contributed by atoms with Crippen LogP contribution in [0.15, 0.2) is 52.4 Å². The number of hydrogen-bond acceptors (Lipinski definition) is 4. The first-order chi connectivity index (χ1) is 14.3. The lowest BCUT2D eigenvalue weighted by Crippen LogP contribution is -2.37. The average Bonchev–Trinajstić information content (AvgIpc) is 2.73. The zero-order valence-corrected chi connectivity index (χ0v) is 22.0. The maximum absolute atomic E-state index is 12.6. The van der Waals surface area contributed by atoms with Crippen molar-refractivity contribution in [1.82, 2.24) is 14.9 Å². The first kappa shape index (κ1) is 27.2. The van der Waals surface area contributed by atoms with E-state index in [9.17, 15) is 8.42 Å². The van der Waals surface area contributed by atoms with Crippen molar-refractivity contribution in [3.63, 3.8) is 0 Å². The van der Waals surface area contributed by atoms with E-state index in [1.165, 1.54) is 18.4 Å². The van der Waals surface area contributed by atoms with Crippen LogP contribution in [0.2, 0.25) is 0 Å². The van der Waals surface area contributed by atoms with Crippen LogP contribution in [0.25, 0.3) is 0 Å². The van der Waals surface area contributed by atoms with Gasteiger partial charge in [0.05, 0.1) is 11.5 Å². The van der Waals surface area contributed by atoms with Crippen LogP contribution in [0.1, 0.15) is 30.0 Å². The van der Waals surface area contributed by atoms with Crippen LogP contribution in [-0.2, 0) is 23.1 Å². The fourth-order valence-corrected chi connectivity index (χ4v) is 3.95. The van der Waals surface area contributed by atoms with Crippen molar-refractivity contribution in [3.05, 3.63) is 59.2 Å². The van der Waals surface area contributed by atoms with Crippen molar-refractivity contribution in [2.45, 2.75) is 38.3 Å². The minimum atomic E-state index is -3.52. The van der Waals surface area contributed by atoms with Crippen LogP contribution in [0.5, 0.6) is 5.75 Å². The fraction of sp³-hybridized carbons (Fsp3) is 0.409. The minimum Gasteiger partial charge on any atom is -0.493 e. The number of hydrogen-bond donors (Lipinski definition) is 2. The highest BCUT2D eigenvalue weighted by atomic mass is 127. The molecule has 0 saturated carbocycles. The third kappa shape index (κ3) is 7.65. The van der Waals surface area contributed by atoms with Gasteiger partial charge in [0.15, 0.2) is 5.96 Å². The van der Waals surface area contributed by atoms with Gasteiger partial charge in [0.25, 0.3) is 0 Å². The number of aliphatic imine (C=N–C) groups is 1. The van der Waals surface area contributed by atoms with Crippen LogP contribution in [0.3, 0.4) is 0 Å². The van der Waals surface area contributed by atoms with Crippen LogP contribution >= 0.6 is 24.0 Å². The van der Waals surface area contributed by atoms with Crippen LogP contribution in [-0.4, -0.2) is 46.4 Å². The second-order valence-electron chi connectivity index (χ2n) is 7.13. The molecular formula is C22H33IN4O3S. The highest BCUT2D eigenvalue weighted by Gasteiger charge is 2.20. The summed E-state index contributed by atoms with van der Waals surface area (Å²) in [5.41, 5.74) is 2.86. The molecule has 2 aromatic rings. The zero-order valence-electron chi connectivity index (χ0n) is 18.8. The highest BCUT2D eigenvalue weighted by Crippen LogP contribution is 2.21. The first-order valence-electron chi connectivity index (χ1n) is 9.96. The van der Waals surface area contributed by atoms with Crippen LogP contribution in [0.4, 0.5) is 0 Å². The van der Waals surface area contributed by atoms with E-state index in [1.807, 2.05) is 31.2 Å².